The number of nitrogens with one attached hydrogen (secondary N) is 1. The summed E-state index contributed by atoms with van der Waals surface area (Å²) in [6, 6.07) is 6.29. The molecule has 1 unspecified atom stereocenters. The number of ether oxygens (including phenoxy) is 3. The molecule has 180 valence electrons. The normalized spacial score (nSPS) is 18.3. The molecule has 0 bridgehead atoms. The Kier molecular flexibility index (Phi) is 6.40. The molecule has 0 aliphatic carbocycles. The number of methoxy groups -OCH3 is 1. The van der Waals surface area contributed by atoms with Gasteiger partial charge in [-0.2, -0.15) is 0 Å². The number of nitrogens with zero attached hydrogens (tertiary/aromatic N) is 2. The van der Waals surface area contributed by atoms with E-state index in [-0.39, 0.29) is 40.1 Å². The van der Waals surface area contributed by atoms with Crippen LogP contribution in [0.25, 0.3) is 0 Å². The van der Waals surface area contributed by atoms with Crippen molar-refractivity contribution in [2.75, 3.05) is 33.9 Å². The summed E-state index contributed by atoms with van der Waals surface area (Å²) in [6.45, 7) is 4.80. The molecule has 1 fully saturated rings. The van der Waals surface area contributed by atoms with E-state index < -0.39 is 12.0 Å². The number of rotatable bonds is 7. The van der Waals surface area contributed by atoms with E-state index in [0.717, 1.165) is 5.56 Å². The predicted octanol–water partition coefficient (Wildman–Crippen LogP) is 2.64. The maximum absolute atomic E-state index is 12.7. The Hall–Kier alpha value is -3.33. The second kappa shape index (κ2) is 9.13. The fourth-order valence-electron chi connectivity index (χ4n) is 3.93. The predicted molar refractivity (Wildman–Crippen MR) is 124 cm³/mol. The zero-order valence-corrected chi connectivity index (χ0v) is 20.2. The summed E-state index contributed by atoms with van der Waals surface area (Å²) in [5.74, 6) is 0.230. The minimum absolute atomic E-state index is 0.0994. The average molecular weight is 488 g/mol. The number of halogens is 1. The first kappa shape index (κ1) is 23.8. The maximum atomic E-state index is 12.7. The highest BCUT2D eigenvalue weighted by molar-refractivity contribution is 6.31. The number of benzene rings is 1. The number of pyridine rings is 1. The second-order valence-corrected chi connectivity index (χ2v) is 9.33. The molecule has 1 N–H and O–H groups in total. The number of aromatic nitrogens is 1. The van der Waals surface area contributed by atoms with Crippen molar-refractivity contribution in [3.05, 3.63) is 46.2 Å². The fourth-order valence-corrected chi connectivity index (χ4v) is 4.18. The lowest BCUT2D eigenvalue weighted by atomic mass is 9.87. The molecule has 9 nitrogen and oxygen atoms in total. The molecular formula is C24H26ClN3O6. The van der Waals surface area contributed by atoms with Crippen molar-refractivity contribution in [2.24, 2.45) is 0 Å². The third-order valence-corrected chi connectivity index (χ3v) is 6.26. The summed E-state index contributed by atoms with van der Waals surface area (Å²) in [5.41, 5.74) is 0.963. The van der Waals surface area contributed by atoms with E-state index in [1.165, 1.54) is 13.2 Å². The molecule has 0 radical (unpaired) electrons. The highest BCUT2D eigenvalue weighted by atomic mass is 35.5. The Bertz CT molecular complexity index is 1170. The number of hydrogen-bond donors (Lipinski definition) is 1. The topological polar surface area (TPSA) is 107 Å². The largest absolute Gasteiger partial charge is 0.493 e. The van der Waals surface area contributed by atoms with Crippen LogP contribution in [-0.2, 0) is 10.2 Å². The third-order valence-electron chi connectivity index (χ3n) is 6.01. The minimum atomic E-state index is -0.585. The summed E-state index contributed by atoms with van der Waals surface area (Å²) in [7, 11) is 3.17. The van der Waals surface area contributed by atoms with Gasteiger partial charge in [-0.05, 0) is 24.3 Å². The monoisotopic (exact) mass is 487 g/mol. The number of hydrogen-bond acceptors (Lipinski definition) is 7. The molecule has 1 saturated heterocycles. The Labute approximate surface area is 202 Å². The molecule has 2 amide bonds. The van der Waals surface area contributed by atoms with Crippen LogP contribution in [0.15, 0.2) is 24.3 Å². The smallest absolute Gasteiger partial charge is 0.263 e. The van der Waals surface area contributed by atoms with Gasteiger partial charge in [-0.15, -0.1) is 0 Å². The summed E-state index contributed by atoms with van der Waals surface area (Å²) >= 11 is 6.21. The first-order valence-corrected chi connectivity index (χ1v) is 11.2. The van der Waals surface area contributed by atoms with E-state index in [9.17, 15) is 14.4 Å². The van der Waals surface area contributed by atoms with Gasteiger partial charge < -0.3 is 24.4 Å². The summed E-state index contributed by atoms with van der Waals surface area (Å²) in [4.78, 5) is 43.2. The number of ketones is 1. The molecule has 3 heterocycles. The van der Waals surface area contributed by atoms with Gasteiger partial charge in [0.15, 0.2) is 34.3 Å². The molecule has 2 aliphatic rings. The molecule has 1 aromatic heterocycles. The lowest BCUT2D eigenvalue weighted by Crippen LogP contribution is -2.30. The lowest BCUT2D eigenvalue weighted by Gasteiger charge is -2.16. The van der Waals surface area contributed by atoms with Gasteiger partial charge in [0.1, 0.15) is 5.69 Å². The average Bonchev–Trinajstić information content (AvgIpc) is 3.30. The lowest BCUT2D eigenvalue weighted by molar-refractivity contribution is -0.132. The molecule has 2 aliphatic heterocycles. The first-order chi connectivity index (χ1) is 16.1. The SMILES string of the molecule is COc1cc(C(=O)NCC(=O)c2cc3c(c(Cl)n2)OCC3(C)C)ccc1OC1CCN(C)C1=O. The first-order valence-electron chi connectivity index (χ1n) is 10.9. The van der Waals surface area contributed by atoms with Crippen LogP contribution in [-0.4, -0.2) is 67.4 Å². The Morgan fingerprint density at radius 3 is 2.74 bits per heavy atom. The molecule has 34 heavy (non-hydrogen) atoms. The minimum Gasteiger partial charge on any atom is -0.493 e. The number of carbonyl (C=O) groups is 3. The molecule has 0 saturated carbocycles. The van der Waals surface area contributed by atoms with Crippen LogP contribution in [0.3, 0.4) is 0 Å². The highest BCUT2D eigenvalue weighted by Gasteiger charge is 2.35. The number of likely N-dealkylation sites (N-methyl/N-ethyl adjacent to an activating group) is 1. The Morgan fingerprint density at radius 1 is 1.29 bits per heavy atom. The van der Waals surface area contributed by atoms with Crippen molar-refractivity contribution in [1.29, 1.82) is 0 Å². The molecular weight excluding hydrogens is 462 g/mol. The number of amides is 2. The fraction of sp³-hybridized carbons (Fsp3) is 0.417. The van der Waals surface area contributed by atoms with E-state index in [2.05, 4.69) is 10.3 Å². The van der Waals surface area contributed by atoms with Crippen molar-refractivity contribution in [3.63, 3.8) is 0 Å². The van der Waals surface area contributed by atoms with E-state index in [1.54, 1.807) is 30.1 Å². The van der Waals surface area contributed by atoms with E-state index >= 15 is 0 Å². The van der Waals surface area contributed by atoms with Crippen LogP contribution in [0.4, 0.5) is 0 Å². The van der Waals surface area contributed by atoms with Gasteiger partial charge in [-0.3, -0.25) is 14.4 Å². The highest BCUT2D eigenvalue weighted by Crippen LogP contribution is 2.42. The van der Waals surface area contributed by atoms with Gasteiger partial charge in [0.25, 0.3) is 11.8 Å². The van der Waals surface area contributed by atoms with Crippen molar-refractivity contribution >= 4 is 29.2 Å². The van der Waals surface area contributed by atoms with E-state index in [1.807, 2.05) is 13.8 Å². The number of carbonyl (C=O) groups excluding carboxylic acids is 3. The molecule has 2 aromatic rings. The molecule has 4 rings (SSSR count). The van der Waals surface area contributed by atoms with Crippen LogP contribution >= 0.6 is 11.6 Å². The van der Waals surface area contributed by atoms with Crippen LogP contribution < -0.4 is 19.5 Å². The molecule has 1 atom stereocenters. The van der Waals surface area contributed by atoms with Gasteiger partial charge in [-0.1, -0.05) is 25.4 Å². The van der Waals surface area contributed by atoms with Gasteiger partial charge in [0.2, 0.25) is 0 Å². The third kappa shape index (κ3) is 4.52. The maximum Gasteiger partial charge on any atom is 0.263 e. The molecule has 1 aromatic carbocycles. The van der Waals surface area contributed by atoms with E-state index in [4.69, 9.17) is 25.8 Å². The van der Waals surface area contributed by atoms with Gasteiger partial charge in [-0.25, -0.2) is 4.98 Å². The number of likely N-dealkylation sites (tertiary alicyclic amines) is 1. The summed E-state index contributed by atoms with van der Waals surface area (Å²) in [5, 5.41) is 2.73. The van der Waals surface area contributed by atoms with Crippen LogP contribution in [0.5, 0.6) is 17.2 Å². The van der Waals surface area contributed by atoms with E-state index in [0.29, 0.717) is 36.8 Å². The van der Waals surface area contributed by atoms with Crippen LogP contribution in [0.1, 0.15) is 46.7 Å². The van der Waals surface area contributed by atoms with Crippen LogP contribution in [0.2, 0.25) is 5.15 Å². The molecule has 10 heteroatoms. The number of Topliss-reactive ketones (excluding diaryl/α,β-unsaturated/α-hetero) is 1. The summed E-state index contributed by atoms with van der Waals surface area (Å²) in [6.07, 6.45) is -0.00870. The molecule has 0 spiro atoms. The zero-order valence-electron chi connectivity index (χ0n) is 19.4. The van der Waals surface area contributed by atoms with Gasteiger partial charge >= 0.3 is 0 Å². The second-order valence-electron chi connectivity index (χ2n) is 8.97. The summed E-state index contributed by atoms with van der Waals surface area (Å²) < 4.78 is 16.7. The van der Waals surface area contributed by atoms with Gasteiger partial charge in [0.05, 0.1) is 20.3 Å². The quantitative estimate of drug-likeness (QED) is 0.472. The zero-order chi connectivity index (χ0) is 24.6. The van der Waals surface area contributed by atoms with Crippen molar-refractivity contribution < 1.29 is 28.6 Å². The number of fused-ring (bicyclic) bond motifs is 1. The Balaban J connectivity index is 1.43. The van der Waals surface area contributed by atoms with Crippen molar-refractivity contribution in [3.8, 4) is 17.2 Å². The van der Waals surface area contributed by atoms with Crippen LogP contribution in [0, 0.1) is 0 Å². The standard InChI is InChI=1S/C24H26ClN3O6/c1-24(2)12-33-20-14(24)10-15(27-21(20)25)16(29)11-26-22(30)13-5-6-17(19(9-13)32-4)34-18-7-8-28(3)23(18)31/h5-6,9-10,18H,7-8,11-12H2,1-4H3,(H,26,30). The van der Waals surface area contributed by atoms with Crippen molar-refractivity contribution in [2.45, 2.75) is 31.8 Å². The van der Waals surface area contributed by atoms with Gasteiger partial charge in [0, 0.05) is 36.6 Å². The Morgan fingerprint density at radius 2 is 2.06 bits per heavy atom. The van der Waals surface area contributed by atoms with Crippen molar-refractivity contribution in [1.82, 2.24) is 15.2 Å².